The zero-order chi connectivity index (χ0) is 23.8. The van der Waals surface area contributed by atoms with Crippen molar-refractivity contribution in [2.45, 2.75) is 27.7 Å². The van der Waals surface area contributed by atoms with E-state index in [1.807, 2.05) is 74.5 Å². The van der Waals surface area contributed by atoms with Crippen molar-refractivity contribution in [1.82, 2.24) is 5.32 Å². The van der Waals surface area contributed by atoms with Crippen LogP contribution in [0, 0.1) is 13.8 Å². The highest BCUT2D eigenvalue weighted by atomic mass is 16.2. The van der Waals surface area contributed by atoms with Crippen LogP contribution in [0.5, 0.6) is 0 Å². The average Bonchev–Trinajstić information content (AvgIpc) is 2.82. The number of amides is 2. The molecule has 0 fully saturated rings. The highest BCUT2D eigenvalue weighted by Gasteiger charge is 2.15. The van der Waals surface area contributed by atoms with Crippen molar-refractivity contribution in [3.05, 3.63) is 101 Å². The molecule has 0 atom stereocenters. The maximum absolute atomic E-state index is 13.1. The Hall–Kier alpha value is -3.86. The van der Waals surface area contributed by atoms with E-state index in [0.717, 1.165) is 35.5 Å². The van der Waals surface area contributed by atoms with Gasteiger partial charge in [-0.05, 0) is 75.7 Å². The van der Waals surface area contributed by atoms with Crippen molar-refractivity contribution in [3.63, 3.8) is 0 Å². The van der Waals surface area contributed by atoms with E-state index >= 15 is 0 Å². The van der Waals surface area contributed by atoms with Crippen molar-refractivity contribution in [2.24, 2.45) is 0 Å². The summed E-state index contributed by atoms with van der Waals surface area (Å²) in [5, 5.41) is 5.67. The Bertz CT molecular complexity index is 1110. The number of benzene rings is 3. The minimum absolute atomic E-state index is 0.178. The largest absolute Gasteiger partial charge is 0.372 e. The molecule has 0 aliphatic heterocycles. The quantitative estimate of drug-likeness (QED) is 0.450. The summed E-state index contributed by atoms with van der Waals surface area (Å²) in [7, 11) is 0. The van der Waals surface area contributed by atoms with E-state index in [0.29, 0.717) is 11.3 Å². The summed E-state index contributed by atoms with van der Waals surface area (Å²) in [5.41, 5.74) is 5.44. The number of carbonyl (C=O) groups is 2. The zero-order valence-corrected chi connectivity index (χ0v) is 19.7. The van der Waals surface area contributed by atoms with Crippen molar-refractivity contribution in [2.75, 3.05) is 23.3 Å². The van der Waals surface area contributed by atoms with Crippen LogP contribution >= 0.6 is 0 Å². The summed E-state index contributed by atoms with van der Waals surface area (Å²) in [6.07, 6.45) is 1.70. The molecular formula is C28H31N3O2. The molecule has 2 N–H and O–H groups in total. The van der Waals surface area contributed by atoms with Gasteiger partial charge in [-0.15, -0.1) is 0 Å². The van der Waals surface area contributed by atoms with Crippen LogP contribution in [0.15, 0.2) is 78.5 Å². The topological polar surface area (TPSA) is 61.4 Å². The van der Waals surface area contributed by atoms with Gasteiger partial charge in [-0.3, -0.25) is 9.59 Å². The number of nitrogens with zero attached hydrogens (tertiary/aromatic N) is 1. The first kappa shape index (κ1) is 23.8. The third-order valence-corrected chi connectivity index (χ3v) is 5.45. The molecular weight excluding hydrogens is 410 g/mol. The predicted molar refractivity (Wildman–Crippen MR) is 136 cm³/mol. The van der Waals surface area contributed by atoms with Crippen LogP contribution in [0.25, 0.3) is 6.08 Å². The predicted octanol–water partition coefficient (Wildman–Crippen LogP) is 5.56. The number of hydrogen-bond acceptors (Lipinski definition) is 3. The molecule has 0 aliphatic rings. The molecule has 5 nitrogen and oxygen atoms in total. The third kappa shape index (κ3) is 6.56. The lowest BCUT2D eigenvalue weighted by Crippen LogP contribution is -2.30. The Morgan fingerprint density at radius 2 is 1.33 bits per heavy atom. The summed E-state index contributed by atoms with van der Waals surface area (Å²) in [4.78, 5) is 28.2. The van der Waals surface area contributed by atoms with Gasteiger partial charge >= 0.3 is 0 Å². The van der Waals surface area contributed by atoms with Gasteiger partial charge in [0.1, 0.15) is 5.70 Å². The third-order valence-electron chi connectivity index (χ3n) is 5.45. The van der Waals surface area contributed by atoms with E-state index in [4.69, 9.17) is 0 Å². The first-order valence-electron chi connectivity index (χ1n) is 11.2. The fraction of sp³-hybridized carbons (Fsp3) is 0.214. The summed E-state index contributed by atoms with van der Waals surface area (Å²) in [5.74, 6) is -0.716. The minimum atomic E-state index is -0.382. The van der Waals surface area contributed by atoms with Crippen LogP contribution in [-0.4, -0.2) is 24.9 Å². The lowest BCUT2D eigenvalue weighted by Gasteiger charge is -2.21. The Balaban J connectivity index is 1.88. The fourth-order valence-corrected chi connectivity index (χ4v) is 3.43. The molecule has 0 radical (unpaired) electrons. The Morgan fingerprint density at radius 1 is 0.788 bits per heavy atom. The molecule has 3 aromatic carbocycles. The SMILES string of the molecule is CCN(CC)c1ccc(/C=C(/NC(=O)c2ccc(C)cc2)C(=O)Nc2ccc(C)cc2)cc1. The van der Waals surface area contributed by atoms with E-state index < -0.39 is 0 Å². The van der Waals surface area contributed by atoms with Crippen molar-refractivity contribution in [1.29, 1.82) is 0 Å². The fourth-order valence-electron chi connectivity index (χ4n) is 3.43. The number of nitrogens with one attached hydrogen (secondary N) is 2. The van der Waals surface area contributed by atoms with E-state index in [2.05, 4.69) is 29.4 Å². The molecule has 0 unspecified atom stereocenters. The number of hydrogen-bond donors (Lipinski definition) is 2. The Kier molecular flexibility index (Phi) is 8.03. The maximum Gasteiger partial charge on any atom is 0.272 e. The second kappa shape index (κ2) is 11.1. The van der Waals surface area contributed by atoms with Gasteiger partial charge in [-0.1, -0.05) is 47.5 Å². The van der Waals surface area contributed by atoms with Crippen LogP contribution in [0.1, 0.15) is 40.9 Å². The molecule has 33 heavy (non-hydrogen) atoms. The summed E-state index contributed by atoms with van der Waals surface area (Å²) in [6.45, 7) is 10.0. The standard InChI is InChI=1S/C28H31N3O2/c1-5-31(6-2)25-17-11-22(12-18-25)19-26(28(33)29-24-15-9-21(4)10-16-24)30-27(32)23-13-7-20(3)8-14-23/h7-19H,5-6H2,1-4H3,(H,29,33)(H,30,32)/b26-19+. The molecule has 0 bridgehead atoms. The van der Waals surface area contributed by atoms with E-state index in [9.17, 15) is 9.59 Å². The molecule has 0 saturated carbocycles. The highest BCUT2D eigenvalue weighted by Crippen LogP contribution is 2.17. The number of carbonyl (C=O) groups excluding carboxylic acids is 2. The number of aryl methyl sites for hydroxylation is 2. The van der Waals surface area contributed by atoms with Gasteiger partial charge in [0.25, 0.3) is 11.8 Å². The lowest BCUT2D eigenvalue weighted by molar-refractivity contribution is -0.113. The van der Waals surface area contributed by atoms with Crippen molar-refractivity contribution >= 4 is 29.3 Å². The smallest absolute Gasteiger partial charge is 0.272 e. The van der Waals surface area contributed by atoms with Gasteiger partial charge in [-0.25, -0.2) is 0 Å². The van der Waals surface area contributed by atoms with Crippen LogP contribution in [-0.2, 0) is 4.79 Å². The van der Waals surface area contributed by atoms with Crippen LogP contribution in [0.3, 0.4) is 0 Å². The molecule has 3 rings (SSSR count). The molecule has 0 saturated heterocycles. The second-order valence-corrected chi connectivity index (χ2v) is 7.96. The van der Waals surface area contributed by atoms with Gasteiger partial charge in [0.2, 0.25) is 0 Å². The van der Waals surface area contributed by atoms with E-state index in [1.165, 1.54) is 0 Å². The monoisotopic (exact) mass is 441 g/mol. The second-order valence-electron chi connectivity index (χ2n) is 7.96. The zero-order valence-electron chi connectivity index (χ0n) is 19.7. The maximum atomic E-state index is 13.1. The molecule has 0 aliphatic carbocycles. The van der Waals surface area contributed by atoms with Gasteiger partial charge in [0, 0.05) is 30.0 Å². The van der Waals surface area contributed by atoms with Crippen molar-refractivity contribution < 1.29 is 9.59 Å². The molecule has 0 spiro atoms. The molecule has 2 amide bonds. The van der Waals surface area contributed by atoms with Crippen LogP contribution in [0.4, 0.5) is 11.4 Å². The summed E-state index contributed by atoms with van der Waals surface area (Å²) < 4.78 is 0. The number of anilines is 2. The van der Waals surface area contributed by atoms with Gasteiger partial charge in [-0.2, -0.15) is 0 Å². The van der Waals surface area contributed by atoms with Gasteiger partial charge in [0.05, 0.1) is 0 Å². The van der Waals surface area contributed by atoms with Crippen molar-refractivity contribution in [3.8, 4) is 0 Å². The first-order valence-corrected chi connectivity index (χ1v) is 11.2. The molecule has 0 aromatic heterocycles. The summed E-state index contributed by atoms with van der Waals surface area (Å²) >= 11 is 0. The van der Waals surface area contributed by atoms with Gasteiger partial charge < -0.3 is 15.5 Å². The normalized spacial score (nSPS) is 11.1. The first-order chi connectivity index (χ1) is 15.9. The van der Waals surface area contributed by atoms with E-state index in [1.54, 1.807) is 18.2 Å². The summed E-state index contributed by atoms with van der Waals surface area (Å²) in [6, 6.07) is 22.7. The van der Waals surface area contributed by atoms with Crippen LogP contribution < -0.4 is 15.5 Å². The Morgan fingerprint density at radius 3 is 1.88 bits per heavy atom. The minimum Gasteiger partial charge on any atom is -0.372 e. The lowest BCUT2D eigenvalue weighted by atomic mass is 10.1. The molecule has 3 aromatic rings. The van der Waals surface area contributed by atoms with Crippen LogP contribution in [0.2, 0.25) is 0 Å². The Labute approximate surface area is 196 Å². The van der Waals surface area contributed by atoms with Gasteiger partial charge in [0.15, 0.2) is 0 Å². The average molecular weight is 442 g/mol. The molecule has 5 heteroatoms. The highest BCUT2D eigenvalue weighted by molar-refractivity contribution is 6.10. The molecule has 170 valence electrons. The number of rotatable bonds is 8. The van der Waals surface area contributed by atoms with E-state index in [-0.39, 0.29) is 17.5 Å². The molecule has 0 heterocycles.